The molecule has 192 valence electrons. The molecule has 8 rings (SSSR count). The summed E-state index contributed by atoms with van der Waals surface area (Å²) in [6, 6.07) is 35.9. The van der Waals surface area contributed by atoms with Gasteiger partial charge in [0.1, 0.15) is 23.1 Å². The van der Waals surface area contributed by atoms with E-state index in [0.717, 1.165) is 44.1 Å². The normalized spacial score (nSPS) is 11.4. The fraction of sp³-hybridized carbons (Fsp3) is 0. The molecule has 41 heavy (non-hydrogen) atoms. The van der Waals surface area contributed by atoms with Crippen molar-refractivity contribution in [3.05, 3.63) is 122 Å². The summed E-state index contributed by atoms with van der Waals surface area (Å²) in [4.78, 5) is 28.3. The highest BCUT2D eigenvalue weighted by molar-refractivity contribution is 6.07. The van der Waals surface area contributed by atoms with Gasteiger partial charge < -0.3 is 4.42 Å². The molecule has 0 aliphatic heterocycles. The molecule has 4 aromatic heterocycles. The molecule has 0 amide bonds. The van der Waals surface area contributed by atoms with Crippen molar-refractivity contribution >= 4 is 32.8 Å². The van der Waals surface area contributed by atoms with Crippen LogP contribution < -0.4 is 0 Å². The number of fused-ring (bicyclic) bond motifs is 4. The average molecular weight is 529 g/mol. The molecule has 0 bridgehead atoms. The van der Waals surface area contributed by atoms with Crippen LogP contribution in [0.1, 0.15) is 0 Å². The summed E-state index contributed by atoms with van der Waals surface area (Å²) in [7, 11) is 0. The Morgan fingerprint density at radius 2 is 1.15 bits per heavy atom. The molecule has 4 aromatic carbocycles. The number of aromatic nitrogens is 6. The van der Waals surface area contributed by atoms with Gasteiger partial charge in [-0.25, -0.2) is 24.9 Å². The van der Waals surface area contributed by atoms with E-state index < -0.39 is 0 Å². The summed E-state index contributed by atoms with van der Waals surface area (Å²) >= 11 is 0. The van der Waals surface area contributed by atoms with Crippen LogP contribution in [0.15, 0.2) is 126 Å². The molecule has 0 unspecified atom stereocenters. The van der Waals surface area contributed by atoms with Gasteiger partial charge >= 0.3 is 0 Å². The predicted octanol–water partition coefficient (Wildman–Crippen LogP) is 7.78. The van der Waals surface area contributed by atoms with Gasteiger partial charge in [-0.15, -0.1) is 0 Å². The van der Waals surface area contributed by atoms with E-state index in [0.29, 0.717) is 34.3 Å². The van der Waals surface area contributed by atoms with Gasteiger partial charge in [0.15, 0.2) is 23.1 Å². The zero-order valence-electron chi connectivity index (χ0n) is 21.6. The van der Waals surface area contributed by atoms with Gasteiger partial charge in [-0.2, -0.15) is 0 Å². The predicted molar refractivity (Wildman–Crippen MR) is 160 cm³/mol. The van der Waals surface area contributed by atoms with Crippen LogP contribution in [0.2, 0.25) is 0 Å². The molecule has 0 fully saturated rings. The Balaban J connectivity index is 1.29. The molecule has 0 aliphatic carbocycles. The number of nitrogens with zero attached hydrogens (tertiary/aromatic N) is 6. The Kier molecular flexibility index (Phi) is 5.31. The highest BCUT2D eigenvalue weighted by atomic mass is 16.3. The maximum absolute atomic E-state index is 6.41. The quantitative estimate of drug-likeness (QED) is 0.230. The van der Waals surface area contributed by atoms with E-state index in [1.165, 1.54) is 0 Å². The Hall–Kier alpha value is -5.82. The molecule has 0 radical (unpaired) electrons. The van der Waals surface area contributed by atoms with Gasteiger partial charge in [0.2, 0.25) is 0 Å². The van der Waals surface area contributed by atoms with Crippen LogP contribution >= 0.6 is 0 Å². The van der Waals surface area contributed by atoms with E-state index in [1.54, 1.807) is 6.33 Å². The van der Waals surface area contributed by atoms with Crippen LogP contribution in [0, 0.1) is 0 Å². The van der Waals surface area contributed by atoms with E-state index in [4.69, 9.17) is 19.4 Å². The van der Waals surface area contributed by atoms with Crippen LogP contribution in [-0.2, 0) is 0 Å². The Morgan fingerprint density at radius 3 is 1.85 bits per heavy atom. The lowest BCUT2D eigenvalue weighted by atomic mass is 10.1. The second-order valence-corrected chi connectivity index (χ2v) is 9.67. The molecule has 0 spiro atoms. The zero-order chi connectivity index (χ0) is 27.2. The number of benzene rings is 4. The molecular formula is C34H20N6O. The molecule has 7 heteroatoms. The minimum atomic E-state index is 0.558. The maximum atomic E-state index is 6.41. The topological polar surface area (TPSA) is 90.5 Å². The van der Waals surface area contributed by atoms with Crippen molar-refractivity contribution < 1.29 is 4.42 Å². The molecule has 0 saturated heterocycles. The number of rotatable bonds is 4. The SMILES string of the molecule is c1ccc(-c2nc(-c3ccccc3)nc(-c3ccc4c(c3)oc3c(-c5cc6ccccc6cn5)ncnc34)n2)cc1. The second-order valence-electron chi connectivity index (χ2n) is 9.67. The summed E-state index contributed by atoms with van der Waals surface area (Å²) in [5.41, 5.74) is 6.02. The first-order chi connectivity index (χ1) is 20.3. The Morgan fingerprint density at radius 1 is 0.512 bits per heavy atom. The molecule has 0 saturated carbocycles. The summed E-state index contributed by atoms with van der Waals surface area (Å²) in [6.45, 7) is 0. The van der Waals surface area contributed by atoms with Crippen molar-refractivity contribution in [1.29, 1.82) is 0 Å². The lowest BCUT2D eigenvalue weighted by Gasteiger charge is -2.08. The van der Waals surface area contributed by atoms with Crippen molar-refractivity contribution in [2.75, 3.05) is 0 Å². The first-order valence-corrected chi connectivity index (χ1v) is 13.2. The summed E-state index contributed by atoms with van der Waals surface area (Å²) in [6.07, 6.45) is 3.41. The van der Waals surface area contributed by atoms with E-state index >= 15 is 0 Å². The molecule has 4 heterocycles. The minimum absolute atomic E-state index is 0.558. The number of pyridine rings is 1. The lowest BCUT2D eigenvalue weighted by Crippen LogP contribution is -2.00. The van der Waals surface area contributed by atoms with Crippen LogP contribution in [-0.4, -0.2) is 29.9 Å². The van der Waals surface area contributed by atoms with Crippen molar-refractivity contribution in [2.24, 2.45) is 0 Å². The largest absolute Gasteiger partial charge is 0.452 e. The summed E-state index contributed by atoms with van der Waals surface area (Å²) in [5.74, 6) is 1.77. The third kappa shape index (κ3) is 4.08. The smallest absolute Gasteiger partial charge is 0.181 e. The molecular weight excluding hydrogens is 508 g/mol. The molecule has 0 aliphatic rings. The molecule has 0 N–H and O–H groups in total. The third-order valence-electron chi connectivity index (χ3n) is 7.08. The molecule has 0 atom stereocenters. The number of hydrogen-bond donors (Lipinski definition) is 0. The number of furan rings is 1. The third-order valence-corrected chi connectivity index (χ3v) is 7.08. The molecule has 7 nitrogen and oxygen atoms in total. The van der Waals surface area contributed by atoms with Crippen molar-refractivity contribution in [3.63, 3.8) is 0 Å². The van der Waals surface area contributed by atoms with Crippen molar-refractivity contribution in [3.8, 4) is 45.6 Å². The first-order valence-electron chi connectivity index (χ1n) is 13.2. The Labute approximate surface area is 234 Å². The van der Waals surface area contributed by atoms with Gasteiger partial charge in [-0.1, -0.05) is 91.0 Å². The zero-order valence-corrected chi connectivity index (χ0v) is 21.6. The monoisotopic (exact) mass is 528 g/mol. The Bertz CT molecular complexity index is 2150. The van der Waals surface area contributed by atoms with Gasteiger partial charge in [-0.3, -0.25) is 4.98 Å². The standard InChI is InChI=1S/C34H20N6O/c1-3-9-21(10-4-1)32-38-33(22-11-5-2-6-12-22)40-34(39-32)24-15-16-26-28(18-24)41-31-29(26)36-20-37-30(31)27-17-23-13-7-8-14-25(23)19-35-27/h1-20H. The van der Waals surface area contributed by atoms with Crippen LogP contribution in [0.25, 0.3) is 78.4 Å². The minimum Gasteiger partial charge on any atom is -0.452 e. The highest BCUT2D eigenvalue weighted by Crippen LogP contribution is 2.35. The van der Waals surface area contributed by atoms with Gasteiger partial charge in [-0.05, 0) is 23.6 Å². The fourth-order valence-corrected chi connectivity index (χ4v) is 5.05. The summed E-state index contributed by atoms with van der Waals surface area (Å²) < 4.78 is 6.41. The van der Waals surface area contributed by atoms with E-state index in [1.807, 2.05) is 109 Å². The van der Waals surface area contributed by atoms with Gasteiger partial charge in [0.25, 0.3) is 0 Å². The van der Waals surface area contributed by atoms with Gasteiger partial charge in [0.05, 0.1) is 5.69 Å². The van der Waals surface area contributed by atoms with Crippen LogP contribution in [0.4, 0.5) is 0 Å². The highest BCUT2D eigenvalue weighted by Gasteiger charge is 2.18. The van der Waals surface area contributed by atoms with E-state index in [9.17, 15) is 0 Å². The average Bonchev–Trinajstić information content (AvgIpc) is 3.43. The first kappa shape index (κ1) is 23.1. The van der Waals surface area contributed by atoms with E-state index in [2.05, 4.69) is 21.0 Å². The van der Waals surface area contributed by atoms with Crippen molar-refractivity contribution in [2.45, 2.75) is 0 Å². The van der Waals surface area contributed by atoms with Crippen molar-refractivity contribution in [1.82, 2.24) is 29.9 Å². The second kappa shape index (κ2) is 9.43. The lowest BCUT2D eigenvalue weighted by molar-refractivity contribution is 0.667. The summed E-state index contributed by atoms with van der Waals surface area (Å²) in [5, 5.41) is 3.03. The van der Waals surface area contributed by atoms with E-state index in [-0.39, 0.29) is 0 Å². The van der Waals surface area contributed by atoms with Crippen LogP contribution in [0.3, 0.4) is 0 Å². The molecule has 8 aromatic rings. The van der Waals surface area contributed by atoms with Crippen LogP contribution in [0.5, 0.6) is 0 Å². The fourth-order valence-electron chi connectivity index (χ4n) is 5.05. The number of hydrogen-bond acceptors (Lipinski definition) is 7. The maximum Gasteiger partial charge on any atom is 0.181 e. The van der Waals surface area contributed by atoms with Gasteiger partial charge in [0, 0.05) is 33.7 Å².